The third-order valence-corrected chi connectivity index (χ3v) is 6.04. The first kappa shape index (κ1) is 26.3. The number of halogens is 5. The lowest BCUT2D eigenvalue weighted by Crippen LogP contribution is -2.55. The summed E-state index contributed by atoms with van der Waals surface area (Å²) >= 11 is 0. The fourth-order valence-electron chi connectivity index (χ4n) is 2.94. The molecule has 1 aromatic carbocycles. The minimum atomic E-state index is -5.90. The van der Waals surface area contributed by atoms with Crippen molar-refractivity contribution in [2.75, 3.05) is 35.6 Å². The summed E-state index contributed by atoms with van der Waals surface area (Å²) in [6.07, 6.45) is -5.01. The van der Waals surface area contributed by atoms with Crippen LogP contribution in [0.4, 0.5) is 33.3 Å². The van der Waals surface area contributed by atoms with Crippen LogP contribution in [0.25, 0.3) is 0 Å². The number of hydrogen-bond acceptors (Lipinski definition) is 5. The number of fused-ring (bicyclic) bond motifs is 1. The van der Waals surface area contributed by atoms with Gasteiger partial charge < -0.3 is 15.5 Å². The van der Waals surface area contributed by atoms with Gasteiger partial charge in [-0.15, -0.1) is 0 Å². The van der Waals surface area contributed by atoms with Gasteiger partial charge in [-0.25, -0.2) is 8.42 Å². The lowest BCUT2D eigenvalue weighted by molar-refractivity contribution is -0.278. The fraction of sp³-hybridized carbons (Fsp3) is 0.500. The molecule has 0 saturated carbocycles. The number of alkyl halides is 5. The van der Waals surface area contributed by atoms with E-state index in [0.717, 1.165) is 22.4 Å². The van der Waals surface area contributed by atoms with E-state index in [1.807, 2.05) is 0 Å². The number of carbonyl (C=O) groups is 3. The number of benzene rings is 1. The first-order chi connectivity index (χ1) is 15.0. The Hall–Kier alpha value is -2.97. The molecule has 9 nitrogen and oxygen atoms in total. The number of likely N-dealkylation sites (N-methyl/N-ethyl adjacent to an activating group) is 1. The van der Waals surface area contributed by atoms with Gasteiger partial charge in [-0.05, 0) is 19.1 Å². The van der Waals surface area contributed by atoms with Gasteiger partial charge in [0.15, 0.2) is 0 Å². The predicted molar refractivity (Wildman–Crippen MR) is 107 cm³/mol. The largest absolute Gasteiger partial charge is 0.455 e. The number of nitrogens with zero attached hydrogens (tertiary/aromatic N) is 2. The van der Waals surface area contributed by atoms with Crippen LogP contribution in [0.1, 0.15) is 6.92 Å². The standard InChI is InChI=1S/C18H21F5N4O5S/c1-10(14(28)24-9-17(19,20)18(21,22)23)15(29)25-11-8-27(33(3,31)32)13-7-5-4-6-12(13)26(2)16(11)30/h4-7,10-11H,8-9H2,1-3H3,(H,24,28)(H,25,29)/t10-,11?/m0/s1. The van der Waals surface area contributed by atoms with E-state index in [1.54, 1.807) is 6.07 Å². The number of anilines is 2. The third kappa shape index (κ3) is 5.69. The molecule has 0 aliphatic carbocycles. The summed E-state index contributed by atoms with van der Waals surface area (Å²) in [5.41, 5.74) is 0.387. The second-order valence-corrected chi connectivity index (χ2v) is 9.29. The van der Waals surface area contributed by atoms with E-state index < -0.39 is 64.9 Å². The Morgan fingerprint density at radius 3 is 2.18 bits per heavy atom. The minimum absolute atomic E-state index is 0.160. The van der Waals surface area contributed by atoms with Crippen molar-refractivity contribution in [2.24, 2.45) is 5.92 Å². The van der Waals surface area contributed by atoms with E-state index in [0.29, 0.717) is 0 Å². The SMILES string of the molecule is C[C@@H](C(=O)NCC(F)(F)C(F)(F)F)C(=O)NC1CN(S(C)(=O)=O)c2ccccc2N(C)C1=O. The van der Waals surface area contributed by atoms with Crippen LogP contribution < -0.4 is 19.8 Å². The van der Waals surface area contributed by atoms with Crippen molar-refractivity contribution in [3.05, 3.63) is 24.3 Å². The van der Waals surface area contributed by atoms with Gasteiger partial charge in [0.2, 0.25) is 21.8 Å². The van der Waals surface area contributed by atoms with Crippen LogP contribution >= 0.6 is 0 Å². The van der Waals surface area contributed by atoms with E-state index in [2.05, 4.69) is 5.32 Å². The van der Waals surface area contributed by atoms with Crippen molar-refractivity contribution >= 4 is 39.1 Å². The molecule has 15 heteroatoms. The highest BCUT2D eigenvalue weighted by molar-refractivity contribution is 7.92. The smallest absolute Gasteiger partial charge is 0.349 e. The van der Waals surface area contributed by atoms with E-state index in [4.69, 9.17) is 0 Å². The first-order valence-corrected chi connectivity index (χ1v) is 11.2. The highest BCUT2D eigenvalue weighted by Gasteiger charge is 2.57. The van der Waals surface area contributed by atoms with Crippen LogP contribution in [0.2, 0.25) is 0 Å². The summed E-state index contributed by atoms with van der Waals surface area (Å²) in [5.74, 6) is -10.3. The Labute approximate surface area is 185 Å². The number of nitrogens with one attached hydrogen (secondary N) is 2. The van der Waals surface area contributed by atoms with Gasteiger partial charge in [0, 0.05) is 7.05 Å². The summed E-state index contributed by atoms with van der Waals surface area (Å²) in [5, 5.41) is 3.53. The van der Waals surface area contributed by atoms with Gasteiger partial charge in [0.1, 0.15) is 12.0 Å². The van der Waals surface area contributed by atoms with Crippen LogP contribution in [0.5, 0.6) is 0 Å². The number of rotatable bonds is 6. The molecule has 0 radical (unpaired) electrons. The second-order valence-electron chi connectivity index (χ2n) is 7.38. The summed E-state index contributed by atoms with van der Waals surface area (Å²) in [4.78, 5) is 38.3. The maximum absolute atomic E-state index is 13.0. The maximum Gasteiger partial charge on any atom is 0.455 e. The minimum Gasteiger partial charge on any atom is -0.349 e. The highest BCUT2D eigenvalue weighted by Crippen LogP contribution is 2.35. The Kier molecular flexibility index (Phi) is 7.26. The molecule has 0 saturated heterocycles. The number of hydrogen-bond donors (Lipinski definition) is 2. The maximum atomic E-state index is 13.0. The summed E-state index contributed by atoms with van der Waals surface area (Å²) < 4.78 is 88.2. The van der Waals surface area contributed by atoms with E-state index in [-0.39, 0.29) is 11.4 Å². The van der Waals surface area contributed by atoms with Gasteiger partial charge in [0.05, 0.1) is 30.7 Å². The van der Waals surface area contributed by atoms with Crippen molar-refractivity contribution in [1.29, 1.82) is 0 Å². The topological polar surface area (TPSA) is 116 Å². The molecular weight excluding hydrogens is 479 g/mol. The molecule has 1 aliphatic rings. The lowest BCUT2D eigenvalue weighted by atomic mass is 10.1. The highest BCUT2D eigenvalue weighted by atomic mass is 32.2. The average Bonchev–Trinajstić information content (AvgIpc) is 2.81. The Balaban J connectivity index is 2.19. The molecule has 1 aromatic rings. The zero-order valence-electron chi connectivity index (χ0n) is 17.6. The molecule has 184 valence electrons. The van der Waals surface area contributed by atoms with E-state index in [1.165, 1.54) is 30.6 Å². The fourth-order valence-corrected chi connectivity index (χ4v) is 3.87. The molecule has 1 unspecified atom stereocenters. The van der Waals surface area contributed by atoms with Gasteiger partial charge in [-0.2, -0.15) is 22.0 Å². The Bertz CT molecular complexity index is 1050. The van der Waals surface area contributed by atoms with Crippen molar-refractivity contribution in [3.63, 3.8) is 0 Å². The summed E-state index contributed by atoms with van der Waals surface area (Å²) in [7, 11) is -2.58. The lowest BCUT2D eigenvalue weighted by Gasteiger charge is -2.25. The van der Waals surface area contributed by atoms with Crippen LogP contribution in [0, 0.1) is 5.92 Å². The zero-order valence-corrected chi connectivity index (χ0v) is 18.4. The molecule has 1 heterocycles. The van der Waals surface area contributed by atoms with Gasteiger partial charge in [-0.3, -0.25) is 18.7 Å². The second kappa shape index (κ2) is 9.11. The quantitative estimate of drug-likeness (QED) is 0.444. The van der Waals surface area contributed by atoms with Crippen LogP contribution in [0.3, 0.4) is 0 Å². The molecular formula is C18H21F5N4O5S. The molecule has 2 rings (SSSR count). The molecule has 3 amide bonds. The molecule has 1 aliphatic heterocycles. The molecule has 0 bridgehead atoms. The van der Waals surface area contributed by atoms with E-state index in [9.17, 15) is 44.8 Å². The number of carbonyl (C=O) groups excluding carboxylic acids is 3. The van der Waals surface area contributed by atoms with Crippen molar-refractivity contribution in [1.82, 2.24) is 10.6 Å². The summed E-state index contributed by atoms with van der Waals surface area (Å²) in [6, 6.07) is 4.55. The number of para-hydroxylation sites is 2. The van der Waals surface area contributed by atoms with Crippen LogP contribution in [0.15, 0.2) is 24.3 Å². The molecule has 2 N–H and O–H groups in total. The Morgan fingerprint density at radius 1 is 1.12 bits per heavy atom. The monoisotopic (exact) mass is 500 g/mol. The Morgan fingerprint density at radius 2 is 1.67 bits per heavy atom. The average molecular weight is 500 g/mol. The normalized spacial score (nSPS) is 18.3. The van der Waals surface area contributed by atoms with Gasteiger partial charge in [0.25, 0.3) is 5.91 Å². The summed E-state index contributed by atoms with van der Waals surface area (Å²) in [6.45, 7) is -1.68. The first-order valence-electron chi connectivity index (χ1n) is 9.34. The molecule has 0 aromatic heterocycles. The number of sulfonamides is 1. The van der Waals surface area contributed by atoms with E-state index >= 15 is 0 Å². The van der Waals surface area contributed by atoms with Crippen molar-refractivity contribution < 1.29 is 44.8 Å². The predicted octanol–water partition coefficient (Wildman–Crippen LogP) is 0.864. The van der Waals surface area contributed by atoms with Crippen molar-refractivity contribution in [3.8, 4) is 0 Å². The van der Waals surface area contributed by atoms with Crippen LogP contribution in [-0.4, -0.2) is 70.7 Å². The molecule has 0 fully saturated rings. The van der Waals surface area contributed by atoms with Gasteiger partial charge in [-0.1, -0.05) is 12.1 Å². The molecule has 0 spiro atoms. The zero-order chi connectivity index (χ0) is 25.4. The third-order valence-electron chi connectivity index (χ3n) is 4.89. The van der Waals surface area contributed by atoms with Crippen LogP contribution in [-0.2, 0) is 24.4 Å². The van der Waals surface area contributed by atoms with Crippen molar-refractivity contribution in [2.45, 2.75) is 25.1 Å². The van der Waals surface area contributed by atoms with Gasteiger partial charge >= 0.3 is 12.1 Å². The molecule has 2 atom stereocenters. The number of amides is 3. The molecule has 33 heavy (non-hydrogen) atoms.